The summed E-state index contributed by atoms with van der Waals surface area (Å²) in [4.78, 5) is 15.8. The number of methoxy groups -OCH3 is 1. The largest absolute Gasteiger partial charge is 0.465 e. The number of carbonyl (C=O) groups excluding carboxylic acids is 1. The third kappa shape index (κ3) is 3.50. The van der Waals surface area contributed by atoms with Gasteiger partial charge in [-0.1, -0.05) is 5.16 Å². The van der Waals surface area contributed by atoms with Crippen LogP contribution in [0.25, 0.3) is 0 Å². The molecule has 0 aliphatic carbocycles. The molecular weight excluding hydrogens is 272 g/mol. The molecule has 1 aromatic carbocycles. The number of aryl methyl sites for hydroxylation is 2. The van der Waals surface area contributed by atoms with Gasteiger partial charge < -0.3 is 20.3 Å². The molecule has 0 fully saturated rings. The Hall–Kier alpha value is -2.57. The van der Waals surface area contributed by atoms with Gasteiger partial charge in [-0.15, -0.1) is 0 Å². The zero-order valence-electron chi connectivity index (χ0n) is 12.3. The number of nitrogens with two attached hydrogens (primary N) is 1. The molecule has 0 amide bonds. The second-order valence-electron chi connectivity index (χ2n) is 4.65. The summed E-state index contributed by atoms with van der Waals surface area (Å²) in [5.74, 6) is 0.731. The third-order valence-electron chi connectivity index (χ3n) is 3.04. The first kappa shape index (κ1) is 14.8. The SMILES string of the molecule is COC(=O)c1cc(NCCc2noc(C)n2)cc(C)c1N. The van der Waals surface area contributed by atoms with E-state index in [0.29, 0.717) is 35.9 Å². The van der Waals surface area contributed by atoms with Crippen molar-refractivity contribution >= 4 is 17.3 Å². The molecule has 0 spiro atoms. The van der Waals surface area contributed by atoms with Crippen molar-refractivity contribution in [1.82, 2.24) is 10.1 Å². The van der Waals surface area contributed by atoms with Crippen molar-refractivity contribution in [3.05, 3.63) is 35.0 Å². The van der Waals surface area contributed by atoms with Crippen molar-refractivity contribution in [2.45, 2.75) is 20.3 Å². The van der Waals surface area contributed by atoms with E-state index in [1.165, 1.54) is 7.11 Å². The molecule has 2 aromatic rings. The summed E-state index contributed by atoms with van der Waals surface area (Å²) in [6, 6.07) is 3.55. The van der Waals surface area contributed by atoms with Crippen LogP contribution < -0.4 is 11.1 Å². The number of carbonyl (C=O) groups is 1. The molecule has 0 bridgehead atoms. The smallest absolute Gasteiger partial charge is 0.340 e. The number of esters is 1. The highest BCUT2D eigenvalue weighted by atomic mass is 16.5. The number of aromatic nitrogens is 2. The Morgan fingerprint density at radius 2 is 2.19 bits per heavy atom. The third-order valence-corrected chi connectivity index (χ3v) is 3.04. The summed E-state index contributed by atoms with van der Waals surface area (Å²) in [7, 11) is 1.33. The molecule has 0 radical (unpaired) electrons. The van der Waals surface area contributed by atoms with Crippen LogP contribution in [0.4, 0.5) is 11.4 Å². The molecule has 0 unspecified atom stereocenters. The van der Waals surface area contributed by atoms with E-state index in [0.717, 1.165) is 11.3 Å². The van der Waals surface area contributed by atoms with Crippen molar-refractivity contribution in [3.8, 4) is 0 Å². The van der Waals surface area contributed by atoms with Crippen LogP contribution in [0.5, 0.6) is 0 Å². The Morgan fingerprint density at radius 3 is 2.81 bits per heavy atom. The molecule has 2 rings (SSSR count). The monoisotopic (exact) mass is 290 g/mol. The molecule has 112 valence electrons. The lowest BCUT2D eigenvalue weighted by Crippen LogP contribution is -2.10. The van der Waals surface area contributed by atoms with Crippen LogP contribution in [0, 0.1) is 13.8 Å². The van der Waals surface area contributed by atoms with E-state index in [2.05, 4.69) is 15.5 Å². The van der Waals surface area contributed by atoms with Crippen molar-refractivity contribution < 1.29 is 14.1 Å². The Morgan fingerprint density at radius 1 is 1.43 bits per heavy atom. The molecule has 0 aliphatic heterocycles. The number of anilines is 2. The van der Waals surface area contributed by atoms with Crippen LogP contribution in [-0.2, 0) is 11.2 Å². The topological polar surface area (TPSA) is 103 Å². The van der Waals surface area contributed by atoms with Gasteiger partial charge in [0.2, 0.25) is 5.89 Å². The average Bonchev–Trinajstić information content (AvgIpc) is 2.87. The number of hydrogen-bond donors (Lipinski definition) is 2. The lowest BCUT2D eigenvalue weighted by molar-refractivity contribution is 0.0602. The zero-order chi connectivity index (χ0) is 15.4. The molecule has 21 heavy (non-hydrogen) atoms. The van der Waals surface area contributed by atoms with Crippen LogP contribution in [-0.4, -0.2) is 29.8 Å². The second kappa shape index (κ2) is 6.25. The van der Waals surface area contributed by atoms with E-state index in [1.54, 1.807) is 13.0 Å². The first-order chi connectivity index (χ1) is 10.0. The van der Waals surface area contributed by atoms with E-state index in [4.69, 9.17) is 15.0 Å². The van der Waals surface area contributed by atoms with Crippen LogP contribution in [0.15, 0.2) is 16.7 Å². The number of ether oxygens (including phenoxy) is 1. The van der Waals surface area contributed by atoms with E-state index in [-0.39, 0.29) is 0 Å². The number of benzene rings is 1. The van der Waals surface area contributed by atoms with Crippen LogP contribution >= 0.6 is 0 Å². The first-order valence-electron chi connectivity index (χ1n) is 6.52. The maximum atomic E-state index is 11.7. The summed E-state index contributed by atoms with van der Waals surface area (Å²) in [5.41, 5.74) is 8.29. The molecule has 1 heterocycles. The minimum atomic E-state index is -0.451. The van der Waals surface area contributed by atoms with Crippen molar-refractivity contribution in [1.29, 1.82) is 0 Å². The summed E-state index contributed by atoms with van der Waals surface area (Å²) >= 11 is 0. The van der Waals surface area contributed by atoms with Gasteiger partial charge >= 0.3 is 5.97 Å². The number of nitrogen functional groups attached to an aromatic ring is 1. The molecule has 0 saturated heterocycles. The summed E-state index contributed by atoms with van der Waals surface area (Å²) in [5, 5.41) is 7.02. The highest BCUT2D eigenvalue weighted by Crippen LogP contribution is 2.23. The molecule has 0 saturated carbocycles. The quantitative estimate of drug-likeness (QED) is 0.638. The van der Waals surface area contributed by atoms with Crippen molar-refractivity contribution in [2.75, 3.05) is 24.7 Å². The molecule has 7 nitrogen and oxygen atoms in total. The summed E-state index contributed by atoms with van der Waals surface area (Å²) in [6.07, 6.45) is 0.619. The number of hydrogen-bond acceptors (Lipinski definition) is 7. The lowest BCUT2D eigenvalue weighted by Gasteiger charge is -2.11. The fraction of sp³-hybridized carbons (Fsp3) is 0.357. The fourth-order valence-electron chi connectivity index (χ4n) is 1.94. The summed E-state index contributed by atoms with van der Waals surface area (Å²) in [6.45, 7) is 4.20. The molecule has 0 atom stereocenters. The highest BCUT2D eigenvalue weighted by molar-refractivity contribution is 5.97. The minimum absolute atomic E-state index is 0.357. The van der Waals surface area contributed by atoms with Gasteiger partial charge in [0, 0.05) is 31.3 Å². The zero-order valence-corrected chi connectivity index (χ0v) is 12.3. The Balaban J connectivity index is 2.06. The molecule has 1 aromatic heterocycles. The predicted octanol–water partition coefficient (Wildman–Crippen LogP) is 1.71. The molecule has 3 N–H and O–H groups in total. The van der Waals surface area contributed by atoms with Crippen LogP contribution in [0.1, 0.15) is 27.6 Å². The van der Waals surface area contributed by atoms with E-state index >= 15 is 0 Å². The molecule has 0 aliphatic rings. The van der Waals surface area contributed by atoms with Crippen molar-refractivity contribution in [2.24, 2.45) is 0 Å². The van der Waals surface area contributed by atoms with Gasteiger partial charge in [-0.25, -0.2) is 4.79 Å². The van der Waals surface area contributed by atoms with Crippen LogP contribution in [0.3, 0.4) is 0 Å². The Bertz CT molecular complexity index is 652. The van der Waals surface area contributed by atoms with Gasteiger partial charge in [-0.05, 0) is 24.6 Å². The predicted molar refractivity (Wildman–Crippen MR) is 78.2 cm³/mol. The van der Waals surface area contributed by atoms with Crippen molar-refractivity contribution in [3.63, 3.8) is 0 Å². The normalized spacial score (nSPS) is 10.4. The Labute approximate surface area is 122 Å². The van der Waals surface area contributed by atoms with E-state index in [1.807, 2.05) is 13.0 Å². The maximum Gasteiger partial charge on any atom is 0.340 e. The standard InChI is InChI=1S/C14H18N4O3/c1-8-6-10(7-11(13(8)15)14(19)20-3)16-5-4-12-17-9(2)21-18-12/h6-7,16H,4-5,15H2,1-3H3. The minimum Gasteiger partial charge on any atom is -0.465 e. The second-order valence-corrected chi connectivity index (χ2v) is 4.65. The average molecular weight is 290 g/mol. The summed E-state index contributed by atoms with van der Waals surface area (Å²) < 4.78 is 9.63. The highest BCUT2D eigenvalue weighted by Gasteiger charge is 2.13. The van der Waals surface area contributed by atoms with Gasteiger partial charge in [0.15, 0.2) is 5.82 Å². The van der Waals surface area contributed by atoms with Crippen LogP contribution in [0.2, 0.25) is 0 Å². The lowest BCUT2D eigenvalue weighted by atomic mass is 10.1. The van der Waals surface area contributed by atoms with Gasteiger partial charge in [-0.2, -0.15) is 4.98 Å². The van der Waals surface area contributed by atoms with Gasteiger partial charge in [0.1, 0.15) is 0 Å². The van der Waals surface area contributed by atoms with E-state index in [9.17, 15) is 4.79 Å². The number of nitrogens with zero attached hydrogens (tertiary/aromatic N) is 2. The molecular formula is C14H18N4O3. The number of rotatable bonds is 5. The Kier molecular flexibility index (Phi) is 4.42. The number of nitrogens with one attached hydrogen (secondary N) is 1. The van der Waals surface area contributed by atoms with E-state index < -0.39 is 5.97 Å². The van der Waals surface area contributed by atoms with Gasteiger partial charge in [0.25, 0.3) is 0 Å². The fourth-order valence-corrected chi connectivity index (χ4v) is 1.94. The van der Waals surface area contributed by atoms with Gasteiger partial charge in [-0.3, -0.25) is 0 Å². The molecule has 7 heteroatoms. The van der Waals surface area contributed by atoms with Gasteiger partial charge in [0.05, 0.1) is 12.7 Å². The maximum absolute atomic E-state index is 11.7. The first-order valence-corrected chi connectivity index (χ1v) is 6.52.